The molecule has 0 aliphatic carbocycles. The highest BCUT2D eigenvalue weighted by molar-refractivity contribution is 9.10. The molecule has 0 radical (unpaired) electrons. The van der Waals surface area contributed by atoms with Gasteiger partial charge in [0.1, 0.15) is 11.8 Å². The fourth-order valence-corrected chi connectivity index (χ4v) is 3.12. The number of halogens is 1. The molecule has 7 N–H and O–H groups in total. The number of carbonyl (C=O) groups excluding carboxylic acids is 2. The van der Waals surface area contributed by atoms with Crippen LogP contribution in [0.3, 0.4) is 0 Å². The Morgan fingerprint density at radius 2 is 1.91 bits per heavy atom. The third-order valence-electron chi connectivity index (χ3n) is 4.39. The van der Waals surface area contributed by atoms with Gasteiger partial charge in [0, 0.05) is 11.0 Å². The minimum absolute atomic E-state index is 0.0553. The lowest BCUT2D eigenvalue weighted by Gasteiger charge is -2.24. The second-order valence-corrected chi connectivity index (χ2v) is 8.71. The molecule has 0 aromatic heterocycles. The van der Waals surface area contributed by atoms with E-state index in [-0.39, 0.29) is 31.9 Å². The molecule has 0 saturated carbocycles. The van der Waals surface area contributed by atoms with E-state index in [0.29, 0.717) is 12.2 Å². The SMILES string of the molecule is CC(C)C[C@H](NC(=O)[C@H](CCCN=C(N)N[N+](=O)[O-])NC(=O)COc1ccc(Br)cc1)B(O)O. The first-order valence-corrected chi connectivity index (χ1v) is 11.3. The first kappa shape index (κ1) is 29.1. The van der Waals surface area contributed by atoms with E-state index in [1.165, 1.54) is 0 Å². The average molecular weight is 545 g/mol. The van der Waals surface area contributed by atoms with Crippen LogP contribution in [-0.4, -0.2) is 65.1 Å². The van der Waals surface area contributed by atoms with E-state index < -0.39 is 41.9 Å². The summed E-state index contributed by atoms with van der Waals surface area (Å²) < 4.78 is 6.26. The van der Waals surface area contributed by atoms with Crippen LogP contribution in [0.1, 0.15) is 33.1 Å². The maximum absolute atomic E-state index is 12.8. The monoisotopic (exact) mass is 544 g/mol. The number of carbonyl (C=O) groups is 2. The number of hydrogen-bond donors (Lipinski definition) is 6. The van der Waals surface area contributed by atoms with Crippen LogP contribution >= 0.6 is 15.9 Å². The number of amides is 2. The van der Waals surface area contributed by atoms with Gasteiger partial charge >= 0.3 is 7.12 Å². The molecule has 0 unspecified atom stereocenters. The summed E-state index contributed by atoms with van der Waals surface area (Å²) in [6.07, 6.45) is 0.674. The Kier molecular flexibility index (Phi) is 12.9. The van der Waals surface area contributed by atoms with Crippen molar-refractivity contribution >= 4 is 40.8 Å². The quantitative estimate of drug-likeness (QED) is 0.0455. The van der Waals surface area contributed by atoms with Crippen LogP contribution in [0, 0.1) is 16.0 Å². The molecule has 1 rings (SSSR count). The number of benzene rings is 1. The standard InChI is InChI=1S/C19H30BBrN6O7/c1-12(2)10-16(20(30)31)25-18(29)15(4-3-9-23-19(22)26-27(32)33)24-17(28)11-34-14-7-5-13(21)6-8-14/h5-8,12,15-16,30-31H,3-4,9-11H2,1-2H3,(H,24,28)(H,25,29)(H3,22,23,26)/t15-,16-/m0/s1. The van der Waals surface area contributed by atoms with E-state index in [2.05, 4.69) is 31.6 Å². The molecule has 0 bridgehead atoms. The third-order valence-corrected chi connectivity index (χ3v) is 4.92. The van der Waals surface area contributed by atoms with Crippen molar-refractivity contribution < 1.29 is 29.4 Å². The molecule has 13 nitrogen and oxygen atoms in total. The fraction of sp³-hybridized carbons (Fsp3) is 0.526. The Bertz CT molecular complexity index is 841. The molecule has 34 heavy (non-hydrogen) atoms. The van der Waals surface area contributed by atoms with E-state index in [0.717, 1.165) is 4.47 Å². The molecule has 188 valence electrons. The number of hydrogen-bond acceptors (Lipinski definition) is 8. The molecule has 1 aromatic carbocycles. The van der Waals surface area contributed by atoms with Crippen LogP contribution in [0.5, 0.6) is 5.75 Å². The number of nitrogens with two attached hydrogens (primary N) is 1. The molecular formula is C19H30BBrN6O7. The number of ether oxygens (including phenoxy) is 1. The van der Waals surface area contributed by atoms with Crippen LogP contribution in [0.2, 0.25) is 0 Å². The average Bonchev–Trinajstić information content (AvgIpc) is 2.74. The number of rotatable bonds is 14. The topological polar surface area (TPSA) is 201 Å². The molecule has 2 amide bonds. The zero-order valence-electron chi connectivity index (χ0n) is 18.9. The molecule has 2 atom stereocenters. The van der Waals surface area contributed by atoms with Crippen molar-refractivity contribution in [2.45, 2.75) is 45.1 Å². The summed E-state index contributed by atoms with van der Waals surface area (Å²) in [6, 6.07) is 5.80. The van der Waals surface area contributed by atoms with Crippen molar-refractivity contribution in [3.63, 3.8) is 0 Å². The summed E-state index contributed by atoms with van der Waals surface area (Å²) in [5.74, 6) is -1.96. The predicted octanol–water partition coefficient (Wildman–Crippen LogP) is -0.268. The van der Waals surface area contributed by atoms with Crippen molar-refractivity contribution in [1.82, 2.24) is 16.1 Å². The highest BCUT2D eigenvalue weighted by Gasteiger charge is 2.29. The zero-order chi connectivity index (χ0) is 25.7. The first-order valence-electron chi connectivity index (χ1n) is 10.5. The normalized spacial score (nSPS) is 13.1. The first-order chi connectivity index (χ1) is 16.0. The van der Waals surface area contributed by atoms with E-state index in [1.54, 1.807) is 29.7 Å². The van der Waals surface area contributed by atoms with Crippen LogP contribution in [-0.2, 0) is 9.59 Å². The summed E-state index contributed by atoms with van der Waals surface area (Å²) in [6.45, 7) is 3.43. The lowest BCUT2D eigenvalue weighted by molar-refractivity contribution is -0.525. The van der Waals surface area contributed by atoms with Crippen molar-refractivity contribution in [2.75, 3.05) is 13.2 Å². The summed E-state index contributed by atoms with van der Waals surface area (Å²) in [5, 5.41) is 33.8. The molecular weight excluding hydrogens is 515 g/mol. The molecule has 0 heterocycles. The number of aliphatic imine (C=N–C) groups is 1. The van der Waals surface area contributed by atoms with E-state index in [4.69, 9.17) is 10.5 Å². The third kappa shape index (κ3) is 12.4. The highest BCUT2D eigenvalue weighted by Crippen LogP contribution is 2.16. The second-order valence-electron chi connectivity index (χ2n) is 7.80. The lowest BCUT2D eigenvalue weighted by Crippen LogP contribution is -2.54. The van der Waals surface area contributed by atoms with Gasteiger partial charge < -0.3 is 31.2 Å². The maximum atomic E-state index is 12.8. The van der Waals surface area contributed by atoms with Gasteiger partial charge in [0.2, 0.25) is 5.91 Å². The smallest absolute Gasteiger partial charge is 0.475 e. The fourth-order valence-electron chi connectivity index (χ4n) is 2.85. The molecule has 0 saturated heterocycles. The number of guanidine groups is 1. The van der Waals surface area contributed by atoms with Crippen LogP contribution in [0.25, 0.3) is 0 Å². The van der Waals surface area contributed by atoms with E-state index in [1.807, 2.05) is 13.8 Å². The van der Waals surface area contributed by atoms with Gasteiger partial charge in [-0.05, 0) is 49.4 Å². The number of nitrogens with one attached hydrogen (secondary N) is 3. The Labute approximate surface area is 205 Å². The summed E-state index contributed by atoms with van der Waals surface area (Å²) in [4.78, 5) is 39.3. The molecule has 0 fully saturated rings. The summed E-state index contributed by atoms with van der Waals surface area (Å²) in [5.41, 5.74) is 7.06. The van der Waals surface area contributed by atoms with E-state index in [9.17, 15) is 29.8 Å². The molecule has 0 aliphatic rings. The highest BCUT2D eigenvalue weighted by atomic mass is 79.9. The van der Waals surface area contributed by atoms with Gasteiger partial charge in [-0.3, -0.25) is 9.59 Å². The zero-order valence-corrected chi connectivity index (χ0v) is 20.5. The summed E-state index contributed by atoms with van der Waals surface area (Å²) in [7, 11) is -1.78. The Morgan fingerprint density at radius 1 is 1.26 bits per heavy atom. The Balaban J connectivity index is 2.77. The summed E-state index contributed by atoms with van der Waals surface area (Å²) >= 11 is 3.30. The Morgan fingerprint density at radius 3 is 2.47 bits per heavy atom. The minimum Gasteiger partial charge on any atom is -0.484 e. The maximum Gasteiger partial charge on any atom is 0.475 e. The van der Waals surface area contributed by atoms with Crippen molar-refractivity contribution in [3.05, 3.63) is 38.9 Å². The van der Waals surface area contributed by atoms with Crippen molar-refractivity contribution in [1.29, 1.82) is 0 Å². The van der Waals surface area contributed by atoms with Gasteiger partial charge in [0.15, 0.2) is 11.6 Å². The van der Waals surface area contributed by atoms with Gasteiger partial charge in [0.05, 0.1) is 5.94 Å². The second kappa shape index (κ2) is 15.1. The van der Waals surface area contributed by atoms with Crippen LogP contribution < -0.4 is 26.5 Å². The number of nitrogens with zero attached hydrogens (tertiary/aromatic N) is 2. The largest absolute Gasteiger partial charge is 0.484 e. The molecule has 0 spiro atoms. The predicted molar refractivity (Wildman–Crippen MR) is 129 cm³/mol. The molecule has 0 aliphatic heterocycles. The van der Waals surface area contributed by atoms with E-state index >= 15 is 0 Å². The van der Waals surface area contributed by atoms with Gasteiger partial charge in [-0.1, -0.05) is 35.2 Å². The van der Waals surface area contributed by atoms with Crippen molar-refractivity contribution in [3.8, 4) is 5.75 Å². The van der Waals surface area contributed by atoms with Crippen LogP contribution in [0.4, 0.5) is 0 Å². The number of hydrazine groups is 1. The van der Waals surface area contributed by atoms with Gasteiger partial charge in [-0.25, -0.2) is 15.1 Å². The molecule has 15 heteroatoms. The molecule has 1 aromatic rings. The Hall–Kier alpha value is -2.91. The van der Waals surface area contributed by atoms with Gasteiger partial charge in [-0.15, -0.1) is 0 Å². The lowest BCUT2D eigenvalue weighted by atomic mass is 9.75. The van der Waals surface area contributed by atoms with Gasteiger partial charge in [-0.2, -0.15) is 0 Å². The van der Waals surface area contributed by atoms with Crippen LogP contribution in [0.15, 0.2) is 33.7 Å². The van der Waals surface area contributed by atoms with Gasteiger partial charge in [0.25, 0.3) is 11.9 Å². The van der Waals surface area contributed by atoms with Crippen molar-refractivity contribution in [2.24, 2.45) is 16.6 Å². The minimum atomic E-state index is -1.78. The number of nitro groups is 1.